The molecule has 0 aliphatic heterocycles. The number of benzene rings is 3. The Kier molecular flexibility index (Phi) is 16.8. The van der Waals surface area contributed by atoms with Gasteiger partial charge in [0.15, 0.2) is 0 Å². The SMILES string of the molecule is CCCCCCCCCCCCCCCCC[P+](c1ccccc1)(c1ccccc1)c1ccccc1.[Br-]. The molecule has 202 valence electrons. The van der Waals surface area contributed by atoms with Crippen molar-refractivity contribution in [1.29, 1.82) is 0 Å². The second-order valence-electron chi connectivity index (χ2n) is 10.5. The molecule has 0 aliphatic rings. The van der Waals surface area contributed by atoms with Gasteiger partial charge in [-0.1, -0.05) is 145 Å². The Labute approximate surface area is 239 Å². The largest absolute Gasteiger partial charge is 1.00 e. The van der Waals surface area contributed by atoms with Crippen molar-refractivity contribution in [2.24, 2.45) is 0 Å². The Morgan fingerprint density at radius 3 is 0.946 bits per heavy atom. The standard InChI is InChI=1S/C35H50P.BrH/c1-2-3-4-5-6-7-8-9-10-11-12-13-14-15-25-32-36(33-26-19-16-20-27-33,34-28-21-17-22-29-34)35-30-23-18-24-31-35;/h16-24,26-31H,2-15,25,32H2,1H3;1H/q+1;/p-1. The molecule has 0 amide bonds. The molecular weight excluding hydrogens is 531 g/mol. The highest BCUT2D eigenvalue weighted by Gasteiger charge is 2.44. The second kappa shape index (κ2) is 19.6. The minimum Gasteiger partial charge on any atom is -1.00 e. The van der Waals surface area contributed by atoms with Gasteiger partial charge in [-0.05, 0) is 49.2 Å². The van der Waals surface area contributed by atoms with Crippen LogP contribution in [0.1, 0.15) is 103 Å². The first-order valence-corrected chi connectivity index (χ1v) is 16.9. The van der Waals surface area contributed by atoms with Crippen LogP contribution in [0.15, 0.2) is 91.0 Å². The maximum Gasteiger partial charge on any atom is 0.112 e. The molecule has 3 rings (SSSR count). The van der Waals surface area contributed by atoms with Gasteiger partial charge in [-0.3, -0.25) is 0 Å². The maximum atomic E-state index is 2.37. The Morgan fingerprint density at radius 2 is 0.649 bits per heavy atom. The molecule has 0 aromatic heterocycles. The minimum atomic E-state index is -1.64. The summed E-state index contributed by atoms with van der Waals surface area (Å²) < 4.78 is 0. The van der Waals surface area contributed by atoms with Gasteiger partial charge < -0.3 is 17.0 Å². The molecule has 0 heterocycles. The van der Waals surface area contributed by atoms with Crippen molar-refractivity contribution in [2.75, 3.05) is 6.16 Å². The van der Waals surface area contributed by atoms with E-state index in [2.05, 4.69) is 97.9 Å². The fourth-order valence-corrected chi connectivity index (χ4v) is 10.0. The molecule has 0 spiro atoms. The molecule has 0 radical (unpaired) electrons. The van der Waals surface area contributed by atoms with E-state index in [-0.39, 0.29) is 17.0 Å². The van der Waals surface area contributed by atoms with E-state index in [1.165, 1.54) is 118 Å². The molecule has 0 atom stereocenters. The van der Waals surface area contributed by atoms with Crippen LogP contribution in [-0.4, -0.2) is 6.16 Å². The summed E-state index contributed by atoms with van der Waals surface area (Å²) in [6.07, 6.45) is 22.5. The van der Waals surface area contributed by atoms with Crippen molar-refractivity contribution in [2.45, 2.75) is 103 Å². The van der Waals surface area contributed by atoms with Crippen LogP contribution in [0.25, 0.3) is 0 Å². The highest BCUT2D eigenvalue weighted by atomic mass is 79.9. The lowest BCUT2D eigenvalue weighted by Crippen LogP contribution is -3.00. The zero-order valence-corrected chi connectivity index (χ0v) is 25.8. The molecule has 0 saturated carbocycles. The normalized spacial score (nSPS) is 11.3. The van der Waals surface area contributed by atoms with Gasteiger partial charge in [-0.25, -0.2) is 0 Å². The van der Waals surface area contributed by atoms with E-state index < -0.39 is 7.26 Å². The van der Waals surface area contributed by atoms with Gasteiger partial charge in [-0.2, -0.15) is 0 Å². The molecule has 0 unspecified atom stereocenters. The van der Waals surface area contributed by atoms with Crippen molar-refractivity contribution >= 4 is 23.2 Å². The van der Waals surface area contributed by atoms with Crippen molar-refractivity contribution < 1.29 is 17.0 Å². The summed E-state index contributed by atoms with van der Waals surface area (Å²) in [6.45, 7) is 2.30. The molecule has 2 heteroatoms. The lowest BCUT2D eigenvalue weighted by molar-refractivity contribution is -0.00000740. The van der Waals surface area contributed by atoms with E-state index in [0.29, 0.717) is 0 Å². The third kappa shape index (κ3) is 10.7. The van der Waals surface area contributed by atoms with Crippen LogP contribution in [0.3, 0.4) is 0 Å². The zero-order chi connectivity index (χ0) is 25.2. The van der Waals surface area contributed by atoms with Crippen LogP contribution in [0.4, 0.5) is 0 Å². The number of hydrogen-bond acceptors (Lipinski definition) is 0. The van der Waals surface area contributed by atoms with Crippen molar-refractivity contribution in [3.8, 4) is 0 Å². The minimum absolute atomic E-state index is 0. The summed E-state index contributed by atoms with van der Waals surface area (Å²) in [6, 6.07) is 34.1. The zero-order valence-electron chi connectivity index (χ0n) is 23.3. The first-order valence-electron chi connectivity index (χ1n) is 14.9. The van der Waals surface area contributed by atoms with E-state index in [4.69, 9.17) is 0 Å². The summed E-state index contributed by atoms with van der Waals surface area (Å²) in [5.41, 5.74) is 0. The van der Waals surface area contributed by atoms with Crippen LogP contribution in [0.5, 0.6) is 0 Å². The third-order valence-electron chi connectivity index (χ3n) is 7.69. The van der Waals surface area contributed by atoms with Gasteiger partial charge in [0.2, 0.25) is 0 Å². The molecule has 0 N–H and O–H groups in total. The molecule has 37 heavy (non-hydrogen) atoms. The average molecular weight is 582 g/mol. The van der Waals surface area contributed by atoms with Gasteiger partial charge in [0.1, 0.15) is 23.2 Å². The van der Waals surface area contributed by atoms with Gasteiger partial charge in [0.25, 0.3) is 0 Å². The van der Waals surface area contributed by atoms with Crippen LogP contribution in [0, 0.1) is 0 Å². The first-order chi connectivity index (χ1) is 17.9. The fraction of sp³-hybridized carbons (Fsp3) is 0.486. The van der Waals surface area contributed by atoms with Crippen LogP contribution < -0.4 is 32.9 Å². The van der Waals surface area contributed by atoms with E-state index in [9.17, 15) is 0 Å². The molecular formula is C35H50BrP. The lowest BCUT2D eigenvalue weighted by Gasteiger charge is -2.27. The molecule has 0 bridgehead atoms. The van der Waals surface area contributed by atoms with Gasteiger partial charge in [0.05, 0.1) is 6.16 Å². The van der Waals surface area contributed by atoms with E-state index in [1.807, 2.05) is 0 Å². The lowest BCUT2D eigenvalue weighted by atomic mass is 10.0. The topological polar surface area (TPSA) is 0 Å². The first kappa shape index (κ1) is 31.8. The van der Waals surface area contributed by atoms with Crippen LogP contribution >= 0.6 is 7.26 Å². The smallest absolute Gasteiger partial charge is 0.112 e. The van der Waals surface area contributed by atoms with Gasteiger partial charge >= 0.3 is 0 Å². The second-order valence-corrected chi connectivity index (χ2v) is 14.1. The van der Waals surface area contributed by atoms with E-state index in [1.54, 1.807) is 0 Å². The van der Waals surface area contributed by atoms with Crippen LogP contribution in [-0.2, 0) is 0 Å². The molecule has 0 nitrogen and oxygen atoms in total. The van der Waals surface area contributed by atoms with Crippen molar-refractivity contribution in [1.82, 2.24) is 0 Å². The molecule has 0 fully saturated rings. The highest BCUT2D eigenvalue weighted by molar-refractivity contribution is 7.95. The molecule has 0 aliphatic carbocycles. The van der Waals surface area contributed by atoms with E-state index >= 15 is 0 Å². The number of unbranched alkanes of at least 4 members (excludes halogenated alkanes) is 14. The summed E-state index contributed by atoms with van der Waals surface area (Å²) in [5.74, 6) is 0. The predicted octanol–water partition coefficient (Wildman–Crippen LogP) is 6.86. The Hall–Kier alpha value is -1.43. The van der Waals surface area contributed by atoms with Gasteiger partial charge in [0, 0.05) is 0 Å². The summed E-state index contributed by atoms with van der Waals surface area (Å²) >= 11 is 0. The Bertz CT molecular complexity index is 813. The van der Waals surface area contributed by atoms with E-state index in [0.717, 1.165) is 0 Å². The quantitative estimate of drug-likeness (QED) is 0.107. The monoisotopic (exact) mass is 580 g/mol. The highest BCUT2D eigenvalue weighted by Crippen LogP contribution is 2.56. The summed E-state index contributed by atoms with van der Waals surface area (Å²) in [7, 11) is -1.64. The third-order valence-corrected chi connectivity index (χ3v) is 12.2. The fourth-order valence-electron chi connectivity index (χ4n) is 5.60. The number of rotatable bonds is 19. The maximum absolute atomic E-state index is 2.37. The number of hydrogen-bond donors (Lipinski definition) is 0. The van der Waals surface area contributed by atoms with Crippen molar-refractivity contribution in [3.63, 3.8) is 0 Å². The average Bonchev–Trinajstić information content (AvgIpc) is 2.94. The summed E-state index contributed by atoms with van der Waals surface area (Å²) in [5, 5.41) is 4.56. The van der Waals surface area contributed by atoms with Crippen molar-refractivity contribution in [3.05, 3.63) is 91.0 Å². The van der Waals surface area contributed by atoms with Gasteiger partial charge in [-0.15, -0.1) is 0 Å². The molecule has 0 saturated heterocycles. The number of halogens is 1. The molecule has 3 aromatic carbocycles. The summed E-state index contributed by atoms with van der Waals surface area (Å²) in [4.78, 5) is 0. The predicted molar refractivity (Wildman–Crippen MR) is 165 cm³/mol. The molecule has 3 aromatic rings. The van der Waals surface area contributed by atoms with Crippen LogP contribution in [0.2, 0.25) is 0 Å². The Morgan fingerprint density at radius 1 is 0.378 bits per heavy atom. The Balaban J connectivity index is 0.00000481.